The second-order valence-electron chi connectivity index (χ2n) is 14.4. The summed E-state index contributed by atoms with van der Waals surface area (Å²) in [6, 6.07) is 0.223. The summed E-state index contributed by atoms with van der Waals surface area (Å²) in [5, 5.41) is 2.78. The summed E-state index contributed by atoms with van der Waals surface area (Å²) in [7, 11) is 1.55. The Morgan fingerprint density at radius 2 is 1.65 bits per heavy atom. The molecule has 51 heavy (non-hydrogen) atoms. The van der Waals surface area contributed by atoms with Crippen LogP contribution in [0.5, 0.6) is 0 Å². The van der Waals surface area contributed by atoms with Crippen molar-refractivity contribution in [3.05, 3.63) is 40.4 Å². The number of fused-ring (bicyclic) bond motifs is 2. The largest absolute Gasteiger partial charge is 0.737 e. The van der Waals surface area contributed by atoms with Gasteiger partial charge in [-0.15, -0.1) is 5.06 Å². The topological polar surface area (TPSA) is 172 Å². The molecule has 18 heteroatoms. The minimum absolute atomic E-state index is 0.0353. The average molecular weight is 739 g/mol. The SMILES string of the molecule is CC1=CC(CCC(=O)NC(CS(=O)(=O)O)C(=O)CCCCCC(=O)ON2C(=O)CCC2=O)=[N+]2C1=Cc1c(CCC[N+](C)(C)C)cc(C)n1[B-]2(F)F. The first-order valence-corrected chi connectivity index (χ1v) is 18.7. The maximum absolute atomic E-state index is 16.3. The van der Waals surface area contributed by atoms with E-state index in [9.17, 15) is 36.9 Å². The van der Waals surface area contributed by atoms with Gasteiger partial charge in [-0.2, -0.15) is 8.42 Å². The van der Waals surface area contributed by atoms with Crippen molar-refractivity contribution >= 4 is 58.3 Å². The number of rotatable bonds is 18. The number of aryl methyl sites for hydroxylation is 2. The molecule has 2 N–H and O–H groups in total. The van der Waals surface area contributed by atoms with Gasteiger partial charge >= 0.3 is 12.9 Å². The smallest absolute Gasteiger partial charge is 0.394 e. The van der Waals surface area contributed by atoms with Gasteiger partial charge in [-0.1, -0.05) is 6.42 Å². The van der Waals surface area contributed by atoms with Crippen LogP contribution in [0.1, 0.15) is 88.1 Å². The van der Waals surface area contributed by atoms with E-state index in [1.54, 1.807) is 32.1 Å². The molecule has 0 bridgehead atoms. The number of carbonyl (C=O) groups is 5. The van der Waals surface area contributed by atoms with Crippen LogP contribution in [0.2, 0.25) is 0 Å². The molecule has 0 spiro atoms. The molecule has 1 atom stereocenters. The standard InChI is InChI=1S/C33H46BF2N5O9S/c1-22-18-25(39-27(22)20-28-24(10-9-17-41(3,4)5)19-23(2)38(28)34(39,35)36)13-14-30(43)37-26(21-51(47,48)49)29(42)11-7-6-8-12-33(46)50-40-31(44)15-16-32(40)45/h18-20,26H,6-17,21H2,1-5H3,(H-,37,43,47,48,49)/p+1. The summed E-state index contributed by atoms with van der Waals surface area (Å²) in [5.41, 5.74) is 2.91. The number of unbranched alkanes of at least 4 members (excludes halogenated alkanes) is 2. The number of allylic oxidation sites excluding steroid dienone is 2. The third-order valence-corrected chi connectivity index (χ3v) is 9.84. The van der Waals surface area contributed by atoms with Crippen molar-refractivity contribution in [1.29, 1.82) is 0 Å². The average Bonchev–Trinajstić information content (AvgIpc) is 3.62. The molecular weight excluding hydrogens is 691 g/mol. The van der Waals surface area contributed by atoms with E-state index in [0.29, 0.717) is 40.6 Å². The molecule has 0 aromatic carbocycles. The summed E-state index contributed by atoms with van der Waals surface area (Å²) in [5.74, 6) is -4.50. The lowest BCUT2D eigenvalue weighted by Crippen LogP contribution is -2.51. The fourth-order valence-corrected chi connectivity index (χ4v) is 7.33. The number of hydrogen-bond donors (Lipinski definition) is 2. The zero-order valence-electron chi connectivity index (χ0n) is 29.7. The highest BCUT2D eigenvalue weighted by Crippen LogP contribution is 2.37. The van der Waals surface area contributed by atoms with E-state index in [0.717, 1.165) is 32.0 Å². The van der Waals surface area contributed by atoms with E-state index >= 15 is 8.63 Å². The van der Waals surface area contributed by atoms with Crippen LogP contribution >= 0.6 is 0 Å². The number of imide groups is 1. The van der Waals surface area contributed by atoms with E-state index in [2.05, 4.69) is 26.5 Å². The molecule has 0 radical (unpaired) electrons. The fourth-order valence-electron chi connectivity index (χ4n) is 6.64. The molecule has 0 aliphatic carbocycles. The normalized spacial score (nSPS) is 17.6. The second-order valence-corrected chi connectivity index (χ2v) is 15.9. The van der Waals surface area contributed by atoms with Crippen molar-refractivity contribution in [1.82, 2.24) is 14.9 Å². The number of amides is 3. The highest BCUT2D eigenvalue weighted by molar-refractivity contribution is 7.85. The third-order valence-electron chi connectivity index (χ3n) is 9.09. The van der Waals surface area contributed by atoms with Crippen molar-refractivity contribution in [3.8, 4) is 0 Å². The number of Topliss-reactive ketones (excluding diaryl/α,β-unsaturated/α-hetero) is 1. The molecule has 0 saturated carbocycles. The van der Waals surface area contributed by atoms with E-state index < -0.39 is 58.4 Å². The Kier molecular flexibility index (Phi) is 12.2. The van der Waals surface area contributed by atoms with Gasteiger partial charge < -0.3 is 32.2 Å². The van der Waals surface area contributed by atoms with Crippen molar-refractivity contribution in [2.75, 3.05) is 33.4 Å². The summed E-state index contributed by atoms with van der Waals surface area (Å²) in [4.78, 5) is 65.8. The van der Waals surface area contributed by atoms with E-state index in [-0.39, 0.29) is 57.1 Å². The maximum Gasteiger partial charge on any atom is 0.737 e. The van der Waals surface area contributed by atoms with E-state index in [4.69, 9.17) is 4.84 Å². The quantitative estimate of drug-likeness (QED) is 0.0756. The van der Waals surface area contributed by atoms with Crippen LogP contribution in [0.25, 0.3) is 6.08 Å². The van der Waals surface area contributed by atoms with Gasteiger partial charge in [0, 0.05) is 68.4 Å². The maximum atomic E-state index is 16.3. The lowest BCUT2D eigenvalue weighted by atomic mass is 9.89. The molecule has 1 fully saturated rings. The Bertz CT molecular complexity index is 1800. The zero-order chi connectivity index (χ0) is 37.9. The number of nitrogens with zero attached hydrogens (tertiary/aromatic N) is 4. The Balaban J connectivity index is 1.35. The number of halogens is 2. The highest BCUT2D eigenvalue weighted by atomic mass is 32.2. The number of hydrogen-bond acceptors (Lipinski definition) is 8. The zero-order valence-corrected chi connectivity index (χ0v) is 30.6. The van der Waals surface area contributed by atoms with Crippen molar-refractivity contribution < 1.29 is 59.4 Å². The number of quaternary nitrogens is 1. The van der Waals surface area contributed by atoms with Gasteiger partial charge in [0.05, 0.1) is 27.7 Å². The number of carbonyl (C=O) groups excluding carboxylic acids is 5. The van der Waals surface area contributed by atoms with Crippen LogP contribution in [0.15, 0.2) is 23.4 Å². The molecule has 1 aromatic heterocycles. The van der Waals surface area contributed by atoms with Crippen LogP contribution in [0, 0.1) is 6.92 Å². The predicted molar refractivity (Wildman–Crippen MR) is 184 cm³/mol. The first-order valence-electron chi connectivity index (χ1n) is 17.1. The summed E-state index contributed by atoms with van der Waals surface area (Å²) in [6.07, 6.45) is 4.75. The van der Waals surface area contributed by atoms with Crippen molar-refractivity contribution in [2.45, 2.75) is 90.5 Å². The lowest BCUT2D eigenvalue weighted by molar-refractivity contribution is -0.870. The molecule has 4 rings (SSSR count). The Morgan fingerprint density at radius 1 is 1.00 bits per heavy atom. The predicted octanol–water partition coefficient (Wildman–Crippen LogP) is 2.71. The minimum atomic E-state index is -4.68. The second kappa shape index (κ2) is 15.7. The van der Waals surface area contributed by atoms with Crippen molar-refractivity contribution in [2.24, 2.45) is 0 Å². The van der Waals surface area contributed by atoms with Gasteiger partial charge in [-0.05, 0) is 50.4 Å². The summed E-state index contributed by atoms with van der Waals surface area (Å²) in [6.45, 7) is -0.0458. The van der Waals surface area contributed by atoms with Gasteiger partial charge in [0.2, 0.25) is 5.91 Å². The van der Waals surface area contributed by atoms with Crippen LogP contribution < -0.4 is 5.32 Å². The molecular formula is C33H47BF2N5O9S+. The van der Waals surface area contributed by atoms with Crippen LogP contribution in [0.4, 0.5) is 8.63 Å². The first-order chi connectivity index (χ1) is 23.7. The van der Waals surface area contributed by atoms with Gasteiger partial charge in [0.15, 0.2) is 11.5 Å². The molecule has 3 aliphatic heterocycles. The van der Waals surface area contributed by atoms with Gasteiger partial charge in [0.1, 0.15) is 17.5 Å². The van der Waals surface area contributed by atoms with Crippen molar-refractivity contribution in [3.63, 3.8) is 0 Å². The number of ketones is 1. The Hall–Kier alpha value is -4.03. The Labute approximate surface area is 296 Å². The fraction of sp³-hybridized carbons (Fsp3) is 0.576. The summed E-state index contributed by atoms with van der Waals surface area (Å²) < 4.78 is 68.1. The van der Waals surface area contributed by atoms with Gasteiger partial charge in [-0.3, -0.25) is 23.7 Å². The Morgan fingerprint density at radius 3 is 2.27 bits per heavy atom. The molecule has 280 valence electrons. The number of aromatic nitrogens is 1. The molecule has 1 unspecified atom stereocenters. The van der Waals surface area contributed by atoms with Crippen LogP contribution in [0.3, 0.4) is 0 Å². The molecule has 3 amide bonds. The van der Waals surface area contributed by atoms with Crippen LogP contribution in [-0.2, 0) is 45.3 Å². The number of nitrogens with one attached hydrogen (secondary N) is 1. The molecule has 4 heterocycles. The molecule has 14 nitrogen and oxygen atoms in total. The first kappa shape index (κ1) is 39.8. The van der Waals surface area contributed by atoms with E-state index in [1.807, 2.05) is 0 Å². The molecule has 1 aromatic rings. The molecule has 3 aliphatic rings. The van der Waals surface area contributed by atoms with Crippen LogP contribution in [-0.4, -0.2) is 113 Å². The monoisotopic (exact) mass is 738 g/mol. The van der Waals surface area contributed by atoms with Gasteiger partial charge in [-0.25, -0.2) is 4.79 Å². The third kappa shape index (κ3) is 10.1. The highest BCUT2D eigenvalue weighted by Gasteiger charge is 2.53. The van der Waals surface area contributed by atoms with Gasteiger partial charge in [0.25, 0.3) is 21.9 Å². The minimum Gasteiger partial charge on any atom is -0.394 e. The summed E-state index contributed by atoms with van der Waals surface area (Å²) >= 11 is 0. The number of hydroxylamine groups is 2. The lowest BCUT2D eigenvalue weighted by Gasteiger charge is -2.31. The molecule has 1 saturated heterocycles. The van der Waals surface area contributed by atoms with E-state index in [1.165, 1.54) is 0 Å².